The summed E-state index contributed by atoms with van der Waals surface area (Å²) in [6.07, 6.45) is -1.48. The van der Waals surface area contributed by atoms with Crippen LogP contribution in [0.3, 0.4) is 0 Å². The SMILES string of the molecule is OC[C@H](NC[C@H]1NC[C@H](O)[C@@H]1O)c1ccc(Br)cc1. The largest absolute Gasteiger partial charge is 0.394 e. The quantitative estimate of drug-likeness (QED) is 0.515. The minimum Gasteiger partial charge on any atom is -0.394 e. The zero-order valence-electron chi connectivity index (χ0n) is 10.5. The lowest BCUT2D eigenvalue weighted by Crippen LogP contribution is -2.43. The van der Waals surface area contributed by atoms with Gasteiger partial charge >= 0.3 is 0 Å². The molecule has 0 aromatic heterocycles. The zero-order chi connectivity index (χ0) is 13.8. The van der Waals surface area contributed by atoms with Gasteiger partial charge in [-0.15, -0.1) is 0 Å². The van der Waals surface area contributed by atoms with Crippen molar-refractivity contribution in [1.82, 2.24) is 10.6 Å². The van der Waals surface area contributed by atoms with E-state index in [0.29, 0.717) is 13.1 Å². The van der Waals surface area contributed by atoms with E-state index in [0.717, 1.165) is 10.0 Å². The van der Waals surface area contributed by atoms with E-state index in [1.165, 1.54) is 0 Å². The first kappa shape index (κ1) is 14.9. The number of benzene rings is 1. The molecule has 1 aromatic rings. The minimum absolute atomic E-state index is 0.0208. The Kier molecular flexibility index (Phi) is 5.32. The molecule has 1 aliphatic rings. The molecule has 0 amide bonds. The molecule has 1 aromatic carbocycles. The fourth-order valence-electron chi connectivity index (χ4n) is 2.23. The summed E-state index contributed by atoms with van der Waals surface area (Å²) in [5.41, 5.74) is 0.985. The second-order valence-corrected chi connectivity index (χ2v) is 5.68. The maximum absolute atomic E-state index is 9.73. The number of halogens is 1. The van der Waals surface area contributed by atoms with Crippen molar-refractivity contribution >= 4 is 15.9 Å². The number of nitrogens with one attached hydrogen (secondary N) is 2. The van der Waals surface area contributed by atoms with Gasteiger partial charge in [0.15, 0.2) is 0 Å². The Morgan fingerprint density at radius 3 is 2.53 bits per heavy atom. The summed E-state index contributed by atoms with van der Waals surface area (Å²) < 4.78 is 0.990. The van der Waals surface area contributed by atoms with Gasteiger partial charge in [-0.3, -0.25) is 0 Å². The van der Waals surface area contributed by atoms with Gasteiger partial charge in [-0.2, -0.15) is 0 Å². The Morgan fingerprint density at radius 1 is 1.32 bits per heavy atom. The fourth-order valence-corrected chi connectivity index (χ4v) is 2.49. The molecule has 0 aliphatic carbocycles. The highest BCUT2D eigenvalue weighted by Crippen LogP contribution is 2.17. The van der Waals surface area contributed by atoms with Crippen LogP contribution in [0.1, 0.15) is 11.6 Å². The lowest BCUT2D eigenvalue weighted by atomic mass is 10.1. The average molecular weight is 331 g/mol. The summed E-state index contributed by atoms with van der Waals surface area (Å²) >= 11 is 3.37. The van der Waals surface area contributed by atoms with Crippen LogP contribution >= 0.6 is 15.9 Å². The molecule has 5 nitrogen and oxygen atoms in total. The summed E-state index contributed by atoms with van der Waals surface area (Å²) in [5.74, 6) is 0. The summed E-state index contributed by atoms with van der Waals surface area (Å²) in [4.78, 5) is 0. The van der Waals surface area contributed by atoms with Gasteiger partial charge < -0.3 is 26.0 Å². The van der Waals surface area contributed by atoms with Crippen molar-refractivity contribution < 1.29 is 15.3 Å². The number of aliphatic hydroxyl groups is 3. The van der Waals surface area contributed by atoms with E-state index in [4.69, 9.17) is 0 Å². The highest BCUT2D eigenvalue weighted by molar-refractivity contribution is 9.10. The van der Waals surface area contributed by atoms with Crippen LogP contribution in [0, 0.1) is 0 Å². The third kappa shape index (κ3) is 3.75. The van der Waals surface area contributed by atoms with Crippen molar-refractivity contribution in [3.8, 4) is 0 Å². The maximum Gasteiger partial charge on any atom is 0.0976 e. The summed E-state index contributed by atoms with van der Waals surface area (Å²) in [6.45, 7) is 0.863. The van der Waals surface area contributed by atoms with Crippen LogP contribution < -0.4 is 10.6 Å². The van der Waals surface area contributed by atoms with E-state index >= 15 is 0 Å². The van der Waals surface area contributed by atoms with Crippen molar-refractivity contribution in [2.24, 2.45) is 0 Å². The van der Waals surface area contributed by atoms with Crippen molar-refractivity contribution in [3.05, 3.63) is 34.3 Å². The first-order valence-electron chi connectivity index (χ1n) is 6.31. The minimum atomic E-state index is -0.767. The molecule has 19 heavy (non-hydrogen) atoms. The molecule has 1 saturated heterocycles. The molecule has 0 spiro atoms. The summed E-state index contributed by atoms with van der Waals surface area (Å²) in [6, 6.07) is 7.34. The average Bonchev–Trinajstić information content (AvgIpc) is 2.73. The Bertz CT molecular complexity index is 401. The van der Waals surface area contributed by atoms with E-state index in [1.807, 2.05) is 24.3 Å². The van der Waals surface area contributed by atoms with Crippen LogP contribution in [0.15, 0.2) is 28.7 Å². The van der Waals surface area contributed by atoms with Crippen molar-refractivity contribution in [1.29, 1.82) is 0 Å². The van der Waals surface area contributed by atoms with Crippen LogP contribution in [-0.2, 0) is 0 Å². The number of aliphatic hydroxyl groups excluding tert-OH is 3. The van der Waals surface area contributed by atoms with Crippen LogP contribution in [-0.4, -0.2) is 53.3 Å². The molecule has 0 radical (unpaired) electrons. The van der Waals surface area contributed by atoms with Gasteiger partial charge in [0.2, 0.25) is 0 Å². The highest BCUT2D eigenvalue weighted by atomic mass is 79.9. The van der Waals surface area contributed by atoms with E-state index in [2.05, 4.69) is 26.6 Å². The van der Waals surface area contributed by atoms with Crippen LogP contribution in [0.4, 0.5) is 0 Å². The smallest absolute Gasteiger partial charge is 0.0976 e. The second kappa shape index (κ2) is 6.78. The molecular weight excluding hydrogens is 312 g/mol. The van der Waals surface area contributed by atoms with Gasteiger partial charge in [0.1, 0.15) is 0 Å². The van der Waals surface area contributed by atoms with E-state index in [-0.39, 0.29) is 18.7 Å². The van der Waals surface area contributed by atoms with Crippen molar-refractivity contribution in [2.45, 2.75) is 24.3 Å². The van der Waals surface area contributed by atoms with Gasteiger partial charge in [0.25, 0.3) is 0 Å². The van der Waals surface area contributed by atoms with E-state index in [9.17, 15) is 15.3 Å². The molecule has 0 bridgehead atoms. The highest BCUT2D eigenvalue weighted by Gasteiger charge is 2.32. The van der Waals surface area contributed by atoms with E-state index < -0.39 is 12.2 Å². The number of hydrogen-bond donors (Lipinski definition) is 5. The van der Waals surface area contributed by atoms with Crippen molar-refractivity contribution in [2.75, 3.05) is 19.7 Å². The predicted octanol–water partition coefficient (Wildman–Crippen LogP) is -0.234. The first-order valence-corrected chi connectivity index (χ1v) is 7.10. The summed E-state index contributed by atoms with van der Waals surface area (Å²) in [7, 11) is 0. The topological polar surface area (TPSA) is 84.8 Å². The summed E-state index contributed by atoms with van der Waals surface area (Å²) in [5, 5.41) is 34.8. The van der Waals surface area contributed by atoms with Gasteiger partial charge in [-0.1, -0.05) is 28.1 Å². The predicted molar refractivity (Wildman–Crippen MR) is 75.8 cm³/mol. The first-order chi connectivity index (χ1) is 9.11. The standard InChI is InChI=1S/C13H19BrN2O3/c14-9-3-1-8(2-4-9)11(7-17)15-5-10-13(19)12(18)6-16-10/h1-4,10-13,15-19H,5-7H2/t10-,11+,12+,13-/m1/s1. The number of rotatable bonds is 5. The Labute approximate surface area is 120 Å². The molecule has 106 valence electrons. The van der Waals surface area contributed by atoms with Crippen molar-refractivity contribution in [3.63, 3.8) is 0 Å². The third-order valence-corrected chi connectivity index (χ3v) is 3.96. The van der Waals surface area contributed by atoms with Gasteiger partial charge in [-0.25, -0.2) is 0 Å². The number of β-amino-alcohol motifs (C(OH)–C–C–N with tert-alkyl or cyclic N) is 1. The lowest BCUT2D eigenvalue weighted by molar-refractivity contribution is 0.0399. The van der Waals surface area contributed by atoms with Gasteiger partial charge in [-0.05, 0) is 17.7 Å². The molecule has 0 unspecified atom stereocenters. The fraction of sp³-hybridized carbons (Fsp3) is 0.538. The van der Waals surface area contributed by atoms with Gasteiger partial charge in [0.05, 0.1) is 24.9 Å². The molecule has 2 rings (SSSR count). The maximum atomic E-state index is 9.73. The monoisotopic (exact) mass is 330 g/mol. The van der Waals surface area contributed by atoms with Crippen LogP contribution in [0.25, 0.3) is 0 Å². The Hall–Kier alpha value is -0.500. The molecule has 4 atom stereocenters. The normalized spacial score (nSPS) is 28.5. The van der Waals surface area contributed by atoms with E-state index in [1.54, 1.807) is 0 Å². The molecular formula is C13H19BrN2O3. The Balaban J connectivity index is 1.91. The molecule has 5 N–H and O–H groups in total. The lowest BCUT2D eigenvalue weighted by Gasteiger charge is -2.22. The molecule has 6 heteroatoms. The number of hydrogen-bond acceptors (Lipinski definition) is 5. The third-order valence-electron chi connectivity index (χ3n) is 3.43. The molecule has 1 heterocycles. The Morgan fingerprint density at radius 2 is 2.00 bits per heavy atom. The zero-order valence-corrected chi connectivity index (χ0v) is 12.0. The van der Waals surface area contributed by atoms with Crippen LogP contribution in [0.2, 0.25) is 0 Å². The second-order valence-electron chi connectivity index (χ2n) is 4.77. The molecule has 0 saturated carbocycles. The van der Waals surface area contributed by atoms with Crippen LogP contribution in [0.5, 0.6) is 0 Å². The van der Waals surface area contributed by atoms with Gasteiger partial charge in [0, 0.05) is 23.6 Å². The molecule has 1 aliphatic heterocycles. The molecule has 1 fully saturated rings.